The van der Waals surface area contributed by atoms with Crippen LogP contribution in [-0.2, 0) is 53.2 Å². The first kappa shape index (κ1) is 67.4. The average molecular weight is 1330 g/mol. The van der Waals surface area contributed by atoms with Crippen LogP contribution in [0.5, 0.6) is 0 Å². The van der Waals surface area contributed by atoms with Crippen molar-refractivity contribution in [2.45, 2.75) is 190 Å². The Morgan fingerprint density at radius 3 is 1.63 bits per heavy atom. The van der Waals surface area contributed by atoms with Gasteiger partial charge in [0.25, 0.3) is 0 Å². The average Bonchev–Trinajstić information content (AvgIpc) is 1.75. The maximum Gasteiger partial charge on any atom is 0.410 e. The Hall–Kier alpha value is -5.56. The van der Waals surface area contributed by atoms with E-state index in [1.807, 2.05) is 95.3 Å². The molecule has 0 aromatic heterocycles. The smallest absolute Gasteiger partial charge is 0.410 e. The molecular formula is C74H98Cl2N8O8S. The number of hydrogen-bond donors (Lipinski definition) is 4. The molecule has 4 aromatic rings. The van der Waals surface area contributed by atoms with Crippen molar-refractivity contribution in [2.75, 3.05) is 65.5 Å². The molecule has 502 valence electrons. The summed E-state index contributed by atoms with van der Waals surface area (Å²) < 4.78 is 35.0. The first-order chi connectivity index (χ1) is 44.6. The highest BCUT2D eigenvalue weighted by Crippen LogP contribution is 2.53. The number of rotatable bonds is 19. The van der Waals surface area contributed by atoms with Crippen LogP contribution in [0.1, 0.15) is 182 Å². The summed E-state index contributed by atoms with van der Waals surface area (Å²) in [6.45, 7) is 13.2. The van der Waals surface area contributed by atoms with Crippen LogP contribution in [0.3, 0.4) is 0 Å². The van der Waals surface area contributed by atoms with Crippen molar-refractivity contribution in [3.05, 3.63) is 140 Å². The minimum atomic E-state index is -3.57. The Bertz CT molecular complexity index is 3450. The normalized spacial score (nSPS) is 26.5. The van der Waals surface area contributed by atoms with Crippen molar-refractivity contribution in [1.29, 1.82) is 0 Å². The van der Waals surface area contributed by atoms with Crippen molar-refractivity contribution in [3.63, 3.8) is 0 Å². The monoisotopic (exact) mass is 1330 g/mol. The fourth-order valence-corrected chi connectivity index (χ4v) is 19.8. The van der Waals surface area contributed by atoms with Crippen LogP contribution >= 0.6 is 23.2 Å². The second-order valence-electron chi connectivity index (χ2n) is 30.1. The number of sulfonamides is 1. The Balaban J connectivity index is 0.709. The van der Waals surface area contributed by atoms with Crippen LogP contribution in [0.2, 0.25) is 10.0 Å². The van der Waals surface area contributed by atoms with E-state index in [1.54, 1.807) is 4.31 Å². The number of amides is 5. The molecule has 2 saturated carbocycles. The van der Waals surface area contributed by atoms with Crippen molar-refractivity contribution in [3.8, 4) is 0 Å². The molecule has 2 aliphatic carbocycles. The number of nitrogens with zero attached hydrogens (tertiary/aromatic N) is 4. The van der Waals surface area contributed by atoms with E-state index in [-0.39, 0.29) is 77.3 Å². The summed E-state index contributed by atoms with van der Waals surface area (Å²) in [7, 11) is -3.57. The van der Waals surface area contributed by atoms with Crippen LogP contribution in [0.4, 0.5) is 4.79 Å². The Labute approximate surface area is 561 Å². The van der Waals surface area contributed by atoms with Gasteiger partial charge >= 0.3 is 6.09 Å². The number of hydrogen-bond acceptors (Lipinski definition) is 10. The number of piperidine rings is 2. The van der Waals surface area contributed by atoms with Gasteiger partial charge in [0.15, 0.2) is 0 Å². The standard InChI is InChI=1S/C74H98Cl2N8O8S/c1-71(2)49-92-70(89)84(71)48-74(54-13-6-5-7-14-54)34-39-82(40-35-74)69(88)65(43-51-20-28-57(76)29-21-51)80-67(86)45-63-60-17-11-10-16-59(60)61(46-78-63)53-22-24-55(25-23-53)73(47-83-41-31-72(3,4)93(83,90)91)32-37-81(38-33-73)68(87)64(42-50-18-26-56(75)27-19-50)79-66(85)44-62-58-15-9-8-12-52(58)30-36-77-62/h8-12,15-21,26-29,53-55,61-65,77-78H,5-7,13-14,22-25,30-49H2,1-4H3,(H,79,85)(H,80,86)/t53?,55?,61?,62?,63?,64-,65-/m1/s1. The number of nitrogens with one attached hydrogen (secondary N) is 4. The fraction of sp³-hybridized carbons (Fsp3) is 0.608. The van der Waals surface area contributed by atoms with E-state index in [0.717, 1.165) is 86.6 Å². The van der Waals surface area contributed by atoms with Gasteiger partial charge in [0, 0.05) is 100 Å². The van der Waals surface area contributed by atoms with E-state index >= 15 is 0 Å². The molecule has 8 aliphatic rings. The van der Waals surface area contributed by atoms with E-state index < -0.39 is 32.4 Å². The molecule has 5 atom stereocenters. The van der Waals surface area contributed by atoms with E-state index in [0.29, 0.717) is 113 Å². The molecule has 12 rings (SSSR count). The number of benzene rings is 4. The van der Waals surface area contributed by atoms with Crippen molar-refractivity contribution in [2.24, 2.45) is 28.6 Å². The number of carbonyl (C=O) groups excluding carboxylic acids is 5. The minimum absolute atomic E-state index is 0.0923. The SMILES string of the molecule is CC1(C)COC(=O)N1CC1(C2CCCCC2)CCN(C(=O)[C@@H](Cc2ccc(Cl)cc2)NC(=O)CC2NCC(C3CCC(C4(CN5CCC(C)(C)S5(=O)=O)CCN(C(=O)[C@@H](Cc5ccc(Cl)cc5)NC(=O)CC5NCCc6ccccc65)CC4)CC3)c3ccccc32)CC1. The van der Waals surface area contributed by atoms with Crippen LogP contribution < -0.4 is 21.3 Å². The van der Waals surface area contributed by atoms with E-state index in [1.165, 1.54) is 30.4 Å². The lowest BCUT2D eigenvalue weighted by Crippen LogP contribution is -2.57. The number of halogens is 2. The van der Waals surface area contributed by atoms with Crippen LogP contribution in [0, 0.1) is 28.6 Å². The van der Waals surface area contributed by atoms with Gasteiger partial charge in [0.05, 0.1) is 10.3 Å². The third kappa shape index (κ3) is 14.7. The molecule has 6 heterocycles. The summed E-state index contributed by atoms with van der Waals surface area (Å²) in [5, 5.41) is 15.0. The van der Waals surface area contributed by atoms with Crippen LogP contribution in [-0.4, -0.2) is 145 Å². The highest BCUT2D eigenvalue weighted by molar-refractivity contribution is 7.90. The van der Waals surface area contributed by atoms with Gasteiger partial charge in [-0.2, -0.15) is 0 Å². The van der Waals surface area contributed by atoms with E-state index in [4.69, 9.17) is 27.9 Å². The van der Waals surface area contributed by atoms with Gasteiger partial charge in [-0.1, -0.05) is 115 Å². The lowest BCUT2D eigenvalue weighted by atomic mass is 9.60. The van der Waals surface area contributed by atoms with Crippen molar-refractivity contribution in [1.82, 2.24) is 40.3 Å². The van der Waals surface area contributed by atoms with Gasteiger partial charge in [-0.3, -0.25) is 24.1 Å². The topological polar surface area (TPSA) is 190 Å². The molecule has 0 spiro atoms. The first-order valence-corrected chi connectivity index (χ1v) is 37.0. The third-order valence-corrected chi connectivity index (χ3v) is 26.7. The minimum Gasteiger partial charge on any atom is -0.447 e. The zero-order chi connectivity index (χ0) is 65.3. The molecule has 4 aromatic carbocycles. The number of cyclic esters (lactones) is 1. The van der Waals surface area contributed by atoms with Crippen molar-refractivity contribution >= 4 is 62.9 Å². The van der Waals surface area contributed by atoms with Crippen LogP contribution in [0.25, 0.3) is 0 Å². The van der Waals surface area contributed by atoms with E-state index in [2.05, 4.69) is 65.4 Å². The molecule has 0 bridgehead atoms. The summed E-state index contributed by atoms with van der Waals surface area (Å²) in [6.07, 6.45) is 14.7. The van der Waals surface area contributed by atoms with Gasteiger partial charge in [-0.15, -0.1) is 0 Å². The highest BCUT2D eigenvalue weighted by atomic mass is 35.5. The molecule has 4 N–H and O–H groups in total. The first-order valence-electron chi connectivity index (χ1n) is 34.8. The lowest BCUT2D eigenvalue weighted by Gasteiger charge is -2.51. The number of likely N-dealkylation sites (tertiary alicyclic amines) is 2. The zero-order valence-electron chi connectivity index (χ0n) is 55.1. The maximum absolute atomic E-state index is 15.0. The molecule has 19 heteroatoms. The van der Waals surface area contributed by atoms with Crippen LogP contribution in [0.15, 0.2) is 97.1 Å². The molecule has 4 saturated heterocycles. The maximum atomic E-state index is 15.0. The summed E-state index contributed by atoms with van der Waals surface area (Å²) in [6, 6.07) is 29.7. The molecule has 3 unspecified atom stereocenters. The lowest BCUT2D eigenvalue weighted by molar-refractivity contribution is -0.140. The second-order valence-corrected chi connectivity index (χ2v) is 33.5. The molecule has 6 aliphatic heterocycles. The van der Waals surface area contributed by atoms with Crippen molar-refractivity contribution < 1.29 is 37.1 Å². The van der Waals surface area contributed by atoms with Gasteiger partial charge < -0.3 is 35.8 Å². The second kappa shape index (κ2) is 28.3. The summed E-state index contributed by atoms with van der Waals surface area (Å²) in [4.78, 5) is 77.5. The summed E-state index contributed by atoms with van der Waals surface area (Å²) >= 11 is 12.7. The quantitative estimate of drug-likeness (QED) is 0.0703. The Morgan fingerprint density at radius 1 is 0.602 bits per heavy atom. The van der Waals surface area contributed by atoms with Gasteiger partial charge in [-0.05, 0) is 203 Å². The number of fused-ring (bicyclic) bond motifs is 2. The largest absolute Gasteiger partial charge is 0.447 e. The molecule has 93 heavy (non-hydrogen) atoms. The molecule has 6 fully saturated rings. The predicted octanol–water partition coefficient (Wildman–Crippen LogP) is 11.5. The molecule has 5 amide bonds. The third-order valence-electron chi connectivity index (χ3n) is 23.6. The fourth-order valence-electron chi connectivity index (χ4n) is 17.8. The molecule has 0 radical (unpaired) electrons. The Kier molecular flexibility index (Phi) is 20.5. The van der Waals surface area contributed by atoms with Gasteiger partial charge in [-0.25, -0.2) is 17.5 Å². The van der Waals surface area contributed by atoms with Gasteiger partial charge in [0.2, 0.25) is 33.7 Å². The predicted molar refractivity (Wildman–Crippen MR) is 364 cm³/mol. The van der Waals surface area contributed by atoms with E-state index in [9.17, 15) is 32.4 Å². The number of ether oxygens (including phenoxy) is 1. The van der Waals surface area contributed by atoms with Gasteiger partial charge in [0.1, 0.15) is 18.7 Å². The molecular weight excluding hydrogens is 1230 g/mol. The highest BCUT2D eigenvalue weighted by Gasteiger charge is 2.54. The zero-order valence-corrected chi connectivity index (χ0v) is 57.4. The summed E-state index contributed by atoms with van der Waals surface area (Å²) in [5.41, 5.74) is 5.61. The molecule has 16 nitrogen and oxygen atoms in total. The Morgan fingerprint density at radius 2 is 1.11 bits per heavy atom. The summed E-state index contributed by atoms with van der Waals surface area (Å²) in [5.74, 6) is 0.645. The number of carbonyl (C=O) groups is 5.